The Balaban J connectivity index is 1.15. The summed E-state index contributed by atoms with van der Waals surface area (Å²) >= 11 is 0. The molecule has 0 radical (unpaired) electrons. The van der Waals surface area contributed by atoms with Crippen LogP contribution in [0.5, 0.6) is 0 Å². The van der Waals surface area contributed by atoms with Crippen LogP contribution in [0.2, 0.25) is 0 Å². The molecule has 2 saturated heterocycles. The third-order valence-corrected chi connectivity index (χ3v) is 8.67. The maximum atomic E-state index is 13.2. The molecule has 0 saturated carbocycles. The highest BCUT2D eigenvalue weighted by Crippen LogP contribution is 2.29. The smallest absolute Gasteiger partial charge is 0.254 e. The predicted molar refractivity (Wildman–Crippen MR) is 153 cm³/mol. The highest BCUT2D eigenvalue weighted by atomic mass is 16.2. The molecule has 1 amide bonds. The van der Waals surface area contributed by atoms with Crippen LogP contribution in [0.4, 0.5) is 0 Å². The number of likely N-dealkylation sites (tertiary alicyclic amines) is 1. The van der Waals surface area contributed by atoms with Crippen molar-refractivity contribution in [1.29, 1.82) is 0 Å². The normalized spacial score (nSPS) is 20.6. The Hall–Kier alpha value is -2.95. The van der Waals surface area contributed by atoms with Gasteiger partial charge < -0.3 is 4.90 Å². The first-order chi connectivity index (χ1) is 17.9. The summed E-state index contributed by atoms with van der Waals surface area (Å²) < 4.78 is 0. The molecular formula is C33H41N3O. The number of carbonyl (C=O) groups is 1. The fourth-order valence-corrected chi connectivity index (χ4v) is 6.43. The summed E-state index contributed by atoms with van der Waals surface area (Å²) in [7, 11) is 0. The van der Waals surface area contributed by atoms with E-state index in [-0.39, 0.29) is 5.91 Å². The number of piperidine rings is 1. The average Bonchev–Trinajstić information content (AvgIpc) is 2.93. The van der Waals surface area contributed by atoms with Crippen molar-refractivity contribution in [1.82, 2.24) is 14.7 Å². The number of hydrogen-bond acceptors (Lipinski definition) is 3. The van der Waals surface area contributed by atoms with Gasteiger partial charge in [-0.1, -0.05) is 72.8 Å². The lowest BCUT2D eigenvalue weighted by Gasteiger charge is -2.47. The van der Waals surface area contributed by atoms with Gasteiger partial charge in [0.15, 0.2) is 0 Å². The minimum absolute atomic E-state index is 0.208. The maximum absolute atomic E-state index is 13.2. The summed E-state index contributed by atoms with van der Waals surface area (Å²) in [5, 5.41) is 0. The predicted octanol–water partition coefficient (Wildman–Crippen LogP) is 6.34. The summed E-state index contributed by atoms with van der Waals surface area (Å²) in [6, 6.07) is 27.3. The molecule has 2 aliphatic heterocycles. The van der Waals surface area contributed by atoms with Crippen LogP contribution >= 0.6 is 0 Å². The van der Waals surface area contributed by atoms with Crippen molar-refractivity contribution in [3.63, 3.8) is 0 Å². The largest absolute Gasteiger partial charge is 0.339 e. The number of carbonyl (C=O) groups excluding carboxylic acids is 1. The molecule has 3 aromatic carbocycles. The van der Waals surface area contributed by atoms with Gasteiger partial charge in [-0.25, -0.2) is 0 Å². The summed E-state index contributed by atoms with van der Waals surface area (Å²) in [4.78, 5) is 20.7. The van der Waals surface area contributed by atoms with E-state index >= 15 is 0 Å². The van der Waals surface area contributed by atoms with Gasteiger partial charge in [-0.3, -0.25) is 14.6 Å². The van der Waals surface area contributed by atoms with Gasteiger partial charge in [0.05, 0.1) is 0 Å². The van der Waals surface area contributed by atoms with Crippen LogP contribution in [0.1, 0.15) is 59.8 Å². The zero-order chi connectivity index (χ0) is 25.9. The van der Waals surface area contributed by atoms with E-state index in [2.05, 4.69) is 83.1 Å². The van der Waals surface area contributed by atoms with E-state index in [0.29, 0.717) is 18.1 Å². The Kier molecular flexibility index (Phi) is 7.78. The first-order valence-corrected chi connectivity index (χ1v) is 13.9. The van der Waals surface area contributed by atoms with Gasteiger partial charge in [-0.2, -0.15) is 0 Å². The number of piperazine rings is 1. The molecule has 37 heavy (non-hydrogen) atoms. The summed E-state index contributed by atoms with van der Waals surface area (Å²) in [5.74, 6) is 0.208. The molecule has 3 aromatic rings. The van der Waals surface area contributed by atoms with Crippen molar-refractivity contribution in [3.05, 3.63) is 95.1 Å². The molecule has 2 fully saturated rings. The molecule has 0 unspecified atom stereocenters. The van der Waals surface area contributed by atoms with Crippen LogP contribution < -0.4 is 0 Å². The molecule has 194 valence electrons. The highest BCUT2D eigenvalue weighted by Gasteiger charge is 2.34. The van der Waals surface area contributed by atoms with Gasteiger partial charge in [-0.05, 0) is 68.4 Å². The van der Waals surface area contributed by atoms with Gasteiger partial charge in [0, 0.05) is 56.4 Å². The number of aryl methyl sites for hydroxylation is 2. The third kappa shape index (κ3) is 5.51. The summed E-state index contributed by atoms with van der Waals surface area (Å²) in [6.07, 6.45) is 2.14. The van der Waals surface area contributed by atoms with Crippen molar-refractivity contribution >= 4 is 5.91 Å². The van der Waals surface area contributed by atoms with Crippen LogP contribution in [0, 0.1) is 13.8 Å². The minimum atomic E-state index is 0.208. The molecule has 0 N–H and O–H groups in total. The van der Waals surface area contributed by atoms with E-state index in [4.69, 9.17) is 0 Å². The van der Waals surface area contributed by atoms with Crippen LogP contribution in [-0.2, 0) is 0 Å². The molecule has 4 heteroatoms. The van der Waals surface area contributed by atoms with Crippen LogP contribution in [0.25, 0.3) is 11.1 Å². The lowest BCUT2D eigenvalue weighted by atomic mass is 9.96. The second-order valence-electron chi connectivity index (χ2n) is 11.0. The molecule has 0 aliphatic carbocycles. The van der Waals surface area contributed by atoms with Gasteiger partial charge in [0.1, 0.15) is 0 Å². The Bertz CT molecular complexity index is 1180. The lowest BCUT2D eigenvalue weighted by molar-refractivity contribution is 0.0135. The van der Waals surface area contributed by atoms with E-state index in [1.54, 1.807) is 0 Å². The van der Waals surface area contributed by atoms with Crippen molar-refractivity contribution in [2.75, 3.05) is 32.7 Å². The molecule has 0 spiro atoms. The van der Waals surface area contributed by atoms with E-state index in [1.165, 1.54) is 16.7 Å². The van der Waals surface area contributed by atoms with Gasteiger partial charge in [0.25, 0.3) is 5.91 Å². The van der Waals surface area contributed by atoms with E-state index in [9.17, 15) is 4.79 Å². The Morgan fingerprint density at radius 2 is 1.41 bits per heavy atom. The first-order valence-electron chi connectivity index (χ1n) is 13.9. The quantitative estimate of drug-likeness (QED) is 0.413. The van der Waals surface area contributed by atoms with Crippen molar-refractivity contribution in [2.24, 2.45) is 0 Å². The Morgan fingerprint density at radius 1 is 0.784 bits per heavy atom. The number of nitrogens with zero attached hydrogens (tertiary/aromatic N) is 3. The minimum Gasteiger partial charge on any atom is -0.339 e. The second-order valence-corrected chi connectivity index (χ2v) is 11.0. The molecule has 0 aromatic heterocycles. The fourth-order valence-electron chi connectivity index (χ4n) is 6.43. The van der Waals surface area contributed by atoms with Gasteiger partial charge in [-0.15, -0.1) is 0 Å². The van der Waals surface area contributed by atoms with E-state index in [0.717, 1.165) is 62.3 Å². The molecule has 5 rings (SSSR count). The summed E-state index contributed by atoms with van der Waals surface area (Å²) in [6.45, 7) is 13.8. The van der Waals surface area contributed by atoms with Crippen LogP contribution in [-0.4, -0.2) is 65.4 Å². The second kappa shape index (κ2) is 11.2. The average molecular weight is 496 g/mol. The van der Waals surface area contributed by atoms with Crippen molar-refractivity contribution < 1.29 is 4.79 Å². The standard InChI is InChI=1S/C33H41N3O/c1-24-9-8-10-25(2)32(24)33(37)34-19-17-31(18-20-34)35-21-22-36(26(3)23-35)27(4)28-13-15-30(16-14-28)29-11-6-5-7-12-29/h5-16,26-27,31H,17-23H2,1-4H3/t26-,27-/m0/s1. The van der Waals surface area contributed by atoms with Gasteiger partial charge in [0.2, 0.25) is 0 Å². The van der Waals surface area contributed by atoms with E-state index in [1.807, 2.05) is 32.0 Å². The monoisotopic (exact) mass is 495 g/mol. The maximum Gasteiger partial charge on any atom is 0.254 e. The highest BCUT2D eigenvalue weighted by molar-refractivity contribution is 5.97. The zero-order valence-electron chi connectivity index (χ0n) is 22.9. The number of hydrogen-bond donors (Lipinski definition) is 0. The third-order valence-electron chi connectivity index (χ3n) is 8.67. The number of rotatable bonds is 5. The van der Waals surface area contributed by atoms with E-state index < -0.39 is 0 Å². The van der Waals surface area contributed by atoms with Crippen LogP contribution in [0.15, 0.2) is 72.8 Å². The van der Waals surface area contributed by atoms with Gasteiger partial charge >= 0.3 is 0 Å². The lowest BCUT2D eigenvalue weighted by Crippen LogP contribution is -2.57. The first kappa shape index (κ1) is 25.7. The zero-order valence-corrected chi connectivity index (χ0v) is 22.9. The Labute approximate surface area is 222 Å². The Morgan fingerprint density at radius 3 is 2.03 bits per heavy atom. The van der Waals surface area contributed by atoms with Crippen molar-refractivity contribution in [3.8, 4) is 11.1 Å². The number of benzene rings is 3. The van der Waals surface area contributed by atoms with Crippen LogP contribution in [0.3, 0.4) is 0 Å². The molecule has 2 heterocycles. The number of amides is 1. The fraction of sp³-hybridized carbons (Fsp3) is 0.424. The molecular weight excluding hydrogens is 454 g/mol. The molecule has 0 bridgehead atoms. The SMILES string of the molecule is Cc1cccc(C)c1C(=O)N1CCC(N2CCN([C@@H](C)c3ccc(-c4ccccc4)cc3)[C@@H](C)C2)CC1. The summed E-state index contributed by atoms with van der Waals surface area (Å²) in [5.41, 5.74) is 7.00. The topological polar surface area (TPSA) is 26.8 Å². The molecule has 2 atom stereocenters. The molecule has 2 aliphatic rings. The van der Waals surface area contributed by atoms with Crippen molar-refractivity contribution in [2.45, 2.75) is 58.7 Å². The molecule has 4 nitrogen and oxygen atoms in total.